The number of aromatic hydroxyl groups is 2. The maximum absolute atomic E-state index is 11.6. The van der Waals surface area contributed by atoms with E-state index in [4.69, 9.17) is 5.11 Å². The molecule has 1 rings (SSSR count). The molecule has 0 fully saturated rings. The number of carbonyl (C=O) groups excluding carboxylic acids is 1. The Morgan fingerprint density at radius 3 is 2.50 bits per heavy atom. The minimum absolute atomic E-state index is 0.0519. The van der Waals surface area contributed by atoms with Gasteiger partial charge >= 0.3 is 0 Å². The first-order valence-electron chi connectivity index (χ1n) is 5.07. The second kappa shape index (κ2) is 5.69. The third-order valence-electron chi connectivity index (χ3n) is 2.20. The SMILES string of the molecule is CNS(=O)(=O)CCNC(=O)c1ccc(O)c(O)c1. The van der Waals surface area contributed by atoms with Crippen LogP contribution >= 0.6 is 0 Å². The summed E-state index contributed by atoms with van der Waals surface area (Å²) >= 11 is 0. The van der Waals surface area contributed by atoms with Crippen LogP contribution in [0.1, 0.15) is 10.4 Å². The predicted molar refractivity (Wildman–Crippen MR) is 65.0 cm³/mol. The molecular weight excluding hydrogens is 260 g/mol. The standard InChI is InChI=1S/C10H14N2O5S/c1-11-18(16,17)5-4-12-10(15)7-2-3-8(13)9(14)6-7/h2-3,6,11,13-14H,4-5H2,1H3,(H,12,15). The van der Waals surface area contributed by atoms with Gasteiger partial charge in [0.15, 0.2) is 11.5 Å². The van der Waals surface area contributed by atoms with Gasteiger partial charge in [-0.3, -0.25) is 4.79 Å². The second-order valence-corrected chi connectivity index (χ2v) is 5.53. The Kier molecular flexibility index (Phi) is 4.51. The van der Waals surface area contributed by atoms with Crippen LogP contribution in [-0.4, -0.2) is 43.9 Å². The number of sulfonamides is 1. The van der Waals surface area contributed by atoms with Crippen molar-refractivity contribution < 1.29 is 23.4 Å². The van der Waals surface area contributed by atoms with Crippen molar-refractivity contribution in [1.82, 2.24) is 10.0 Å². The van der Waals surface area contributed by atoms with Crippen molar-refractivity contribution in [2.24, 2.45) is 0 Å². The van der Waals surface area contributed by atoms with E-state index in [1.165, 1.54) is 19.2 Å². The Morgan fingerprint density at radius 1 is 1.28 bits per heavy atom. The molecule has 0 unspecified atom stereocenters. The van der Waals surface area contributed by atoms with Crippen molar-refractivity contribution in [2.75, 3.05) is 19.3 Å². The van der Waals surface area contributed by atoms with Crippen molar-refractivity contribution in [2.45, 2.75) is 0 Å². The molecule has 0 aliphatic carbocycles. The number of carbonyl (C=O) groups is 1. The summed E-state index contributed by atoms with van der Waals surface area (Å²) in [5.41, 5.74) is 0.132. The van der Waals surface area contributed by atoms with Crippen LogP contribution in [0.4, 0.5) is 0 Å². The first kappa shape index (κ1) is 14.3. The summed E-state index contributed by atoms with van der Waals surface area (Å²) in [5, 5.41) is 20.7. The molecular formula is C10H14N2O5S. The Hall–Kier alpha value is -1.80. The average Bonchev–Trinajstić information content (AvgIpc) is 2.32. The molecule has 8 heteroatoms. The first-order valence-corrected chi connectivity index (χ1v) is 6.72. The van der Waals surface area contributed by atoms with E-state index in [1.54, 1.807) is 0 Å². The van der Waals surface area contributed by atoms with E-state index in [1.807, 2.05) is 0 Å². The Labute approximate surface area is 105 Å². The lowest BCUT2D eigenvalue weighted by molar-refractivity contribution is 0.0955. The molecule has 0 spiro atoms. The summed E-state index contributed by atoms with van der Waals surface area (Å²) in [7, 11) is -2.08. The van der Waals surface area contributed by atoms with Gasteiger partial charge in [0, 0.05) is 12.1 Å². The highest BCUT2D eigenvalue weighted by Crippen LogP contribution is 2.24. The van der Waals surface area contributed by atoms with E-state index in [0.717, 1.165) is 6.07 Å². The van der Waals surface area contributed by atoms with Crippen molar-refractivity contribution in [3.63, 3.8) is 0 Å². The molecule has 0 saturated heterocycles. The number of benzene rings is 1. The molecule has 18 heavy (non-hydrogen) atoms. The van der Waals surface area contributed by atoms with Gasteiger partial charge in [-0.05, 0) is 25.2 Å². The van der Waals surface area contributed by atoms with Crippen LogP contribution in [0, 0.1) is 0 Å². The van der Waals surface area contributed by atoms with E-state index >= 15 is 0 Å². The summed E-state index contributed by atoms with van der Waals surface area (Å²) in [6, 6.07) is 3.59. The highest BCUT2D eigenvalue weighted by Gasteiger charge is 2.11. The lowest BCUT2D eigenvalue weighted by Crippen LogP contribution is -2.32. The first-order chi connectivity index (χ1) is 8.35. The van der Waals surface area contributed by atoms with Gasteiger partial charge in [-0.25, -0.2) is 13.1 Å². The highest BCUT2D eigenvalue weighted by molar-refractivity contribution is 7.89. The second-order valence-electron chi connectivity index (χ2n) is 3.48. The van der Waals surface area contributed by atoms with Gasteiger partial charge in [-0.2, -0.15) is 0 Å². The fourth-order valence-corrected chi connectivity index (χ4v) is 1.74. The third-order valence-corrected chi connectivity index (χ3v) is 3.57. The number of amides is 1. The summed E-state index contributed by atoms with van der Waals surface area (Å²) in [6.45, 7) is -0.0519. The van der Waals surface area contributed by atoms with Crippen LogP contribution < -0.4 is 10.0 Å². The van der Waals surface area contributed by atoms with Gasteiger partial charge in [0.05, 0.1) is 5.75 Å². The fraction of sp³-hybridized carbons (Fsp3) is 0.300. The Morgan fingerprint density at radius 2 is 1.94 bits per heavy atom. The Balaban J connectivity index is 2.58. The summed E-state index contributed by atoms with van der Waals surface area (Å²) in [5.74, 6) is -1.51. The fourth-order valence-electron chi connectivity index (χ4n) is 1.17. The number of phenolic OH excluding ortho intramolecular Hbond substituents is 2. The van der Waals surface area contributed by atoms with Crippen molar-refractivity contribution in [1.29, 1.82) is 0 Å². The zero-order valence-electron chi connectivity index (χ0n) is 9.67. The van der Waals surface area contributed by atoms with Crippen LogP contribution in [0.3, 0.4) is 0 Å². The Bertz CT molecular complexity index is 541. The highest BCUT2D eigenvalue weighted by atomic mass is 32.2. The van der Waals surface area contributed by atoms with E-state index in [-0.39, 0.29) is 23.6 Å². The van der Waals surface area contributed by atoms with Gasteiger partial charge in [-0.15, -0.1) is 0 Å². The lowest BCUT2D eigenvalue weighted by Gasteiger charge is -2.06. The summed E-state index contributed by atoms with van der Waals surface area (Å²) in [6.07, 6.45) is 0. The largest absolute Gasteiger partial charge is 0.504 e. The van der Waals surface area contributed by atoms with Crippen molar-refractivity contribution in [3.05, 3.63) is 23.8 Å². The minimum atomic E-state index is -3.37. The van der Waals surface area contributed by atoms with E-state index in [0.29, 0.717) is 0 Å². The van der Waals surface area contributed by atoms with Crippen LogP contribution in [0.15, 0.2) is 18.2 Å². The average molecular weight is 274 g/mol. The molecule has 0 atom stereocenters. The van der Waals surface area contributed by atoms with Crippen LogP contribution in [0.5, 0.6) is 11.5 Å². The summed E-state index contributed by atoms with van der Waals surface area (Å²) < 4.78 is 24.3. The lowest BCUT2D eigenvalue weighted by atomic mass is 10.2. The number of hydrogen-bond acceptors (Lipinski definition) is 5. The predicted octanol–water partition coefficient (Wildman–Crippen LogP) is -0.623. The van der Waals surface area contributed by atoms with E-state index < -0.39 is 21.7 Å². The zero-order chi connectivity index (χ0) is 13.8. The van der Waals surface area contributed by atoms with Crippen molar-refractivity contribution >= 4 is 15.9 Å². The molecule has 7 nitrogen and oxygen atoms in total. The molecule has 0 radical (unpaired) electrons. The van der Waals surface area contributed by atoms with Crippen LogP contribution in [0.2, 0.25) is 0 Å². The number of phenols is 2. The molecule has 0 heterocycles. The normalized spacial score (nSPS) is 11.2. The molecule has 1 aromatic carbocycles. The molecule has 0 aromatic heterocycles. The minimum Gasteiger partial charge on any atom is -0.504 e. The van der Waals surface area contributed by atoms with Gasteiger partial charge in [0.25, 0.3) is 5.91 Å². The molecule has 0 bridgehead atoms. The van der Waals surface area contributed by atoms with Crippen molar-refractivity contribution in [3.8, 4) is 11.5 Å². The van der Waals surface area contributed by atoms with Gasteiger partial charge in [0.2, 0.25) is 10.0 Å². The van der Waals surface area contributed by atoms with Gasteiger partial charge < -0.3 is 15.5 Å². The molecule has 0 aliphatic heterocycles. The van der Waals surface area contributed by atoms with Gasteiger partial charge in [-0.1, -0.05) is 0 Å². The maximum Gasteiger partial charge on any atom is 0.251 e. The molecule has 0 saturated carbocycles. The topological polar surface area (TPSA) is 116 Å². The third kappa shape index (κ3) is 3.90. The molecule has 100 valence electrons. The zero-order valence-corrected chi connectivity index (χ0v) is 10.5. The van der Waals surface area contributed by atoms with Gasteiger partial charge in [0.1, 0.15) is 0 Å². The number of rotatable bonds is 5. The molecule has 4 N–H and O–H groups in total. The molecule has 0 aliphatic rings. The smallest absolute Gasteiger partial charge is 0.251 e. The molecule has 1 aromatic rings. The van der Waals surface area contributed by atoms with Crippen LogP contribution in [-0.2, 0) is 10.0 Å². The number of hydrogen-bond donors (Lipinski definition) is 4. The monoisotopic (exact) mass is 274 g/mol. The van der Waals surface area contributed by atoms with Crippen LogP contribution in [0.25, 0.3) is 0 Å². The van der Waals surface area contributed by atoms with E-state index in [9.17, 15) is 18.3 Å². The number of nitrogens with one attached hydrogen (secondary N) is 2. The molecule has 1 amide bonds. The van der Waals surface area contributed by atoms with E-state index in [2.05, 4.69) is 10.0 Å². The maximum atomic E-state index is 11.6. The quantitative estimate of drug-likeness (QED) is 0.534. The summed E-state index contributed by atoms with van der Waals surface area (Å²) in [4.78, 5) is 11.6.